The summed E-state index contributed by atoms with van der Waals surface area (Å²) in [5.41, 5.74) is 0.232. The zero-order valence-electron chi connectivity index (χ0n) is 9.21. The quantitative estimate of drug-likeness (QED) is 0.844. The van der Waals surface area contributed by atoms with Gasteiger partial charge >= 0.3 is 5.97 Å². The molecule has 0 fully saturated rings. The Morgan fingerprint density at radius 1 is 1.47 bits per heavy atom. The summed E-state index contributed by atoms with van der Waals surface area (Å²) in [6.45, 7) is 1.66. The minimum atomic E-state index is -0.952. The van der Waals surface area contributed by atoms with E-state index in [0.29, 0.717) is 17.3 Å². The summed E-state index contributed by atoms with van der Waals surface area (Å²) < 4.78 is 5.38. The second-order valence-corrected chi connectivity index (χ2v) is 4.51. The van der Waals surface area contributed by atoms with Gasteiger partial charge in [0.05, 0.1) is 5.75 Å². The highest BCUT2D eigenvalue weighted by Crippen LogP contribution is 2.24. The minimum Gasteiger partial charge on any atom is -0.478 e. The number of rotatable bonds is 4. The van der Waals surface area contributed by atoms with E-state index in [4.69, 9.17) is 9.52 Å². The van der Waals surface area contributed by atoms with Crippen LogP contribution in [0.15, 0.2) is 39.9 Å². The standard InChI is InChI=1S/C12H11NO3S/c1-8-11(12(14)15)6-9(16-8)7-17-10-2-4-13-5-3-10/h2-6H,7H2,1H3,(H,14,15). The molecule has 2 aromatic rings. The summed E-state index contributed by atoms with van der Waals surface area (Å²) in [4.78, 5) is 15.8. The third-order valence-corrected chi connectivity index (χ3v) is 3.26. The maximum atomic E-state index is 10.8. The number of aromatic nitrogens is 1. The Labute approximate surface area is 103 Å². The zero-order valence-corrected chi connectivity index (χ0v) is 10.0. The molecule has 1 N–H and O–H groups in total. The van der Waals surface area contributed by atoms with E-state index in [1.54, 1.807) is 37.1 Å². The fourth-order valence-corrected chi connectivity index (χ4v) is 2.18. The number of pyridine rings is 1. The van der Waals surface area contributed by atoms with Gasteiger partial charge in [0.25, 0.3) is 0 Å². The fourth-order valence-electron chi connectivity index (χ4n) is 1.42. The molecule has 0 spiro atoms. The van der Waals surface area contributed by atoms with Crippen molar-refractivity contribution in [3.05, 3.63) is 47.7 Å². The molecule has 0 aliphatic carbocycles. The number of hydrogen-bond acceptors (Lipinski definition) is 4. The Morgan fingerprint density at radius 2 is 2.18 bits per heavy atom. The molecule has 88 valence electrons. The average Bonchev–Trinajstić information content (AvgIpc) is 2.69. The number of nitrogens with zero attached hydrogens (tertiary/aromatic N) is 1. The molecule has 0 saturated carbocycles. The van der Waals surface area contributed by atoms with Crippen LogP contribution < -0.4 is 0 Å². The van der Waals surface area contributed by atoms with E-state index in [1.165, 1.54) is 0 Å². The Balaban J connectivity index is 2.05. The molecule has 2 aromatic heterocycles. The molecule has 2 rings (SSSR count). The molecule has 0 aliphatic rings. The number of aromatic carboxylic acids is 1. The van der Waals surface area contributed by atoms with Crippen LogP contribution in [-0.2, 0) is 5.75 Å². The van der Waals surface area contributed by atoms with Crippen molar-refractivity contribution in [3.63, 3.8) is 0 Å². The first-order chi connectivity index (χ1) is 8.16. The first kappa shape index (κ1) is 11.7. The van der Waals surface area contributed by atoms with E-state index < -0.39 is 5.97 Å². The minimum absolute atomic E-state index is 0.232. The van der Waals surface area contributed by atoms with E-state index in [-0.39, 0.29) is 5.56 Å². The maximum Gasteiger partial charge on any atom is 0.339 e. The van der Waals surface area contributed by atoms with E-state index in [0.717, 1.165) is 4.90 Å². The van der Waals surface area contributed by atoms with Crippen molar-refractivity contribution >= 4 is 17.7 Å². The monoisotopic (exact) mass is 249 g/mol. The highest BCUT2D eigenvalue weighted by molar-refractivity contribution is 7.98. The SMILES string of the molecule is Cc1oc(CSc2ccncc2)cc1C(=O)O. The van der Waals surface area contributed by atoms with Gasteiger partial charge in [0.1, 0.15) is 17.1 Å². The van der Waals surface area contributed by atoms with Gasteiger partial charge in [-0.1, -0.05) is 0 Å². The number of thioether (sulfide) groups is 1. The van der Waals surface area contributed by atoms with Crippen molar-refractivity contribution in [2.24, 2.45) is 0 Å². The number of carboxylic acids is 1. The van der Waals surface area contributed by atoms with Gasteiger partial charge in [0.15, 0.2) is 0 Å². The van der Waals surface area contributed by atoms with Gasteiger partial charge in [-0.15, -0.1) is 11.8 Å². The Morgan fingerprint density at radius 3 is 2.76 bits per heavy atom. The fraction of sp³-hybridized carbons (Fsp3) is 0.167. The van der Waals surface area contributed by atoms with Crippen LogP contribution in [-0.4, -0.2) is 16.1 Å². The van der Waals surface area contributed by atoms with Crippen molar-refractivity contribution in [2.75, 3.05) is 0 Å². The van der Waals surface area contributed by atoms with Gasteiger partial charge in [-0.05, 0) is 25.1 Å². The van der Waals surface area contributed by atoms with Crippen molar-refractivity contribution in [1.82, 2.24) is 4.98 Å². The molecule has 0 atom stereocenters. The number of carboxylic acid groups (broad SMARTS) is 1. The predicted molar refractivity (Wildman–Crippen MR) is 64.2 cm³/mol. The first-order valence-corrected chi connectivity index (χ1v) is 6.01. The summed E-state index contributed by atoms with van der Waals surface area (Å²) in [6.07, 6.45) is 3.44. The van der Waals surface area contributed by atoms with Gasteiger partial charge in [-0.25, -0.2) is 4.79 Å². The molecule has 0 saturated heterocycles. The molecule has 0 aromatic carbocycles. The molecule has 17 heavy (non-hydrogen) atoms. The maximum absolute atomic E-state index is 10.8. The molecule has 5 heteroatoms. The van der Waals surface area contributed by atoms with Gasteiger partial charge < -0.3 is 9.52 Å². The predicted octanol–water partition coefficient (Wildman–Crippen LogP) is 2.97. The normalized spacial score (nSPS) is 10.4. The molecular weight excluding hydrogens is 238 g/mol. The van der Waals surface area contributed by atoms with Gasteiger partial charge in [-0.2, -0.15) is 0 Å². The summed E-state index contributed by atoms with van der Waals surface area (Å²) in [7, 11) is 0. The van der Waals surface area contributed by atoms with E-state index >= 15 is 0 Å². The topological polar surface area (TPSA) is 63.3 Å². The molecule has 2 heterocycles. The van der Waals surface area contributed by atoms with Crippen molar-refractivity contribution in [1.29, 1.82) is 0 Å². The Bertz CT molecular complexity index is 522. The molecule has 0 aliphatic heterocycles. The third kappa shape index (κ3) is 2.88. The van der Waals surface area contributed by atoms with Crippen LogP contribution in [0.1, 0.15) is 21.9 Å². The van der Waals surface area contributed by atoms with E-state index in [9.17, 15) is 4.79 Å². The van der Waals surface area contributed by atoms with Gasteiger partial charge in [-0.3, -0.25) is 4.98 Å². The zero-order chi connectivity index (χ0) is 12.3. The molecule has 4 nitrogen and oxygen atoms in total. The number of hydrogen-bond donors (Lipinski definition) is 1. The lowest BCUT2D eigenvalue weighted by molar-refractivity contribution is 0.0695. The number of carbonyl (C=O) groups is 1. The summed E-state index contributed by atoms with van der Waals surface area (Å²) in [5.74, 6) is 0.772. The number of aryl methyl sites for hydroxylation is 1. The van der Waals surface area contributed by atoms with Crippen LogP contribution in [0.2, 0.25) is 0 Å². The largest absolute Gasteiger partial charge is 0.478 e. The van der Waals surface area contributed by atoms with E-state index in [2.05, 4.69) is 4.98 Å². The molecule has 0 bridgehead atoms. The second kappa shape index (κ2) is 5.05. The van der Waals surface area contributed by atoms with Crippen molar-refractivity contribution < 1.29 is 14.3 Å². The molecular formula is C12H11NO3S. The Kier molecular flexibility index (Phi) is 3.49. The highest BCUT2D eigenvalue weighted by atomic mass is 32.2. The number of furan rings is 1. The van der Waals surface area contributed by atoms with Crippen LogP contribution in [0, 0.1) is 6.92 Å². The summed E-state index contributed by atoms with van der Waals surface area (Å²) in [5, 5.41) is 8.89. The molecule has 0 radical (unpaired) electrons. The molecule has 0 unspecified atom stereocenters. The Hall–Kier alpha value is -1.75. The van der Waals surface area contributed by atoms with Crippen LogP contribution in [0.3, 0.4) is 0 Å². The smallest absolute Gasteiger partial charge is 0.339 e. The van der Waals surface area contributed by atoms with Crippen LogP contribution in [0.4, 0.5) is 0 Å². The van der Waals surface area contributed by atoms with Crippen LogP contribution in [0.25, 0.3) is 0 Å². The lowest BCUT2D eigenvalue weighted by Crippen LogP contribution is -1.94. The second-order valence-electron chi connectivity index (χ2n) is 3.46. The van der Waals surface area contributed by atoms with Crippen molar-refractivity contribution in [3.8, 4) is 0 Å². The van der Waals surface area contributed by atoms with Gasteiger partial charge in [0, 0.05) is 17.3 Å². The molecule has 0 amide bonds. The van der Waals surface area contributed by atoms with Crippen molar-refractivity contribution in [2.45, 2.75) is 17.6 Å². The lowest BCUT2D eigenvalue weighted by Gasteiger charge is -1.97. The van der Waals surface area contributed by atoms with E-state index in [1.807, 2.05) is 12.1 Å². The van der Waals surface area contributed by atoms with Gasteiger partial charge in [0.2, 0.25) is 0 Å². The van der Waals surface area contributed by atoms with Crippen LogP contribution >= 0.6 is 11.8 Å². The highest BCUT2D eigenvalue weighted by Gasteiger charge is 2.13. The first-order valence-electron chi connectivity index (χ1n) is 5.02. The van der Waals surface area contributed by atoms with Crippen LogP contribution in [0.5, 0.6) is 0 Å². The summed E-state index contributed by atoms with van der Waals surface area (Å²) >= 11 is 1.58. The summed E-state index contributed by atoms with van der Waals surface area (Å²) in [6, 6.07) is 5.38. The third-order valence-electron chi connectivity index (χ3n) is 2.23. The lowest BCUT2D eigenvalue weighted by atomic mass is 10.2. The average molecular weight is 249 g/mol.